The van der Waals surface area contributed by atoms with Gasteiger partial charge in [0.2, 0.25) is 0 Å². The van der Waals surface area contributed by atoms with E-state index in [1.165, 1.54) is 23.7 Å². The van der Waals surface area contributed by atoms with E-state index in [0.717, 1.165) is 49.8 Å². The molecule has 0 aliphatic carbocycles. The lowest BCUT2D eigenvalue weighted by Crippen LogP contribution is -2.17. The van der Waals surface area contributed by atoms with Crippen molar-refractivity contribution >= 4 is 22.3 Å². The molecule has 0 bridgehead atoms. The molecule has 3 heterocycles. The average molecular weight is 317 g/mol. The zero-order valence-corrected chi connectivity index (χ0v) is 14.1. The topological polar surface area (TPSA) is 53.9 Å². The predicted octanol–water partition coefficient (Wildman–Crippen LogP) is 3.06. The first kappa shape index (κ1) is 15.2. The molecule has 3 rings (SSSR count). The summed E-state index contributed by atoms with van der Waals surface area (Å²) in [6.07, 6.45) is 4.45. The summed E-state index contributed by atoms with van der Waals surface area (Å²) in [5.41, 5.74) is 2.25. The van der Waals surface area contributed by atoms with Gasteiger partial charge in [0, 0.05) is 43.2 Å². The predicted molar refractivity (Wildman–Crippen MR) is 91.9 cm³/mol. The van der Waals surface area contributed by atoms with Crippen LogP contribution in [0.3, 0.4) is 0 Å². The summed E-state index contributed by atoms with van der Waals surface area (Å²) in [6.45, 7) is 7.22. The number of nitrogens with zero attached hydrogens (tertiary/aromatic N) is 4. The minimum absolute atomic E-state index is 0.826. The Morgan fingerprint density at radius 2 is 2.00 bits per heavy atom. The van der Waals surface area contributed by atoms with Gasteiger partial charge in [-0.15, -0.1) is 11.3 Å². The van der Waals surface area contributed by atoms with Gasteiger partial charge in [0.25, 0.3) is 0 Å². The molecule has 0 saturated carbocycles. The first-order chi connectivity index (χ1) is 10.7. The minimum Gasteiger partial charge on any atom is -0.370 e. The molecule has 6 heteroatoms. The van der Waals surface area contributed by atoms with Crippen LogP contribution in [0.2, 0.25) is 0 Å². The number of hydrogen-bond acceptors (Lipinski definition) is 6. The van der Waals surface area contributed by atoms with Crippen molar-refractivity contribution in [1.29, 1.82) is 0 Å². The summed E-state index contributed by atoms with van der Waals surface area (Å²) in [4.78, 5) is 16.0. The minimum atomic E-state index is 0.826. The van der Waals surface area contributed by atoms with Crippen molar-refractivity contribution < 1.29 is 0 Å². The van der Waals surface area contributed by atoms with Crippen LogP contribution in [0.4, 0.5) is 10.9 Å². The van der Waals surface area contributed by atoms with E-state index >= 15 is 0 Å². The van der Waals surface area contributed by atoms with Gasteiger partial charge in [-0.3, -0.25) is 0 Å². The fourth-order valence-electron chi connectivity index (χ4n) is 2.68. The average Bonchev–Trinajstić information content (AvgIpc) is 3.17. The van der Waals surface area contributed by atoms with E-state index in [1.807, 2.05) is 13.0 Å². The molecule has 0 amide bonds. The van der Waals surface area contributed by atoms with Crippen LogP contribution in [-0.2, 0) is 12.8 Å². The number of nitrogens with one attached hydrogen (secondary N) is 1. The lowest BCUT2D eigenvalue weighted by molar-refractivity contribution is 0.911. The van der Waals surface area contributed by atoms with Crippen LogP contribution >= 0.6 is 11.3 Å². The summed E-state index contributed by atoms with van der Waals surface area (Å²) < 4.78 is 0. The highest BCUT2D eigenvalue weighted by Gasteiger charge is 2.15. The van der Waals surface area contributed by atoms with E-state index in [1.54, 1.807) is 11.3 Å². The maximum atomic E-state index is 4.75. The molecule has 0 unspecified atom stereocenters. The number of aromatic nitrogens is 3. The molecule has 0 spiro atoms. The monoisotopic (exact) mass is 317 g/mol. The van der Waals surface area contributed by atoms with Gasteiger partial charge < -0.3 is 10.2 Å². The summed E-state index contributed by atoms with van der Waals surface area (Å²) in [6, 6.07) is 2.03. The Morgan fingerprint density at radius 3 is 2.77 bits per heavy atom. The van der Waals surface area contributed by atoms with Gasteiger partial charge in [0.1, 0.15) is 11.6 Å². The molecule has 0 aromatic carbocycles. The third-order valence-electron chi connectivity index (χ3n) is 3.86. The second kappa shape index (κ2) is 7.05. The largest absolute Gasteiger partial charge is 0.370 e. The summed E-state index contributed by atoms with van der Waals surface area (Å²) >= 11 is 1.76. The third-order valence-corrected chi connectivity index (χ3v) is 4.81. The molecule has 1 fully saturated rings. The molecular weight excluding hydrogens is 294 g/mol. The third kappa shape index (κ3) is 3.74. The molecule has 5 nitrogen and oxygen atoms in total. The lowest BCUT2D eigenvalue weighted by Gasteiger charge is -2.12. The highest BCUT2D eigenvalue weighted by Crippen LogP contribution is 2.24. The fraction of sp³-hybridized carbons (Fsp3) is 0.562. The Hall–Kier alpha value is -1.69. The van der Waals surface area contributed by atoms with E-state index in [0.29, 0.717) is 0 Å². The standard InChI is InChI=1S/C16H23N5S/c1-3-13-10-15(19-12(2)18-13)17-7-6-14-11-22-16(20-14)21-8-4-5-9-21/h10-11H,3-9H2,1-2H3,(H,17,18,19). The van der Waals surface area contributed by atoms with Crippen molar-refractivity contribution in [2.75, 3.05) is 29.9 Å². The summed E-state index contributed by atoms with van der Waals surface area (Å²) in [7, 11) is 0. The van der Waals surface area contributed by atoms with Crippen LogP contribution < -0.4 is 10.2 Å². The van der Waals surface area contributed by atoms with E-state index in [2.05, 4.69) is 32.5 Å². The molecule has 1 N–H and O–H groups in total. The second-order valence-corrected chi connectivity index (χ2v) is 6.47. The molecular formula is C16H23N5S. The first-order valence-electron chi connectivity index (χ1n) is 8.02. The van der Waals surface area contributed by atoms with Gasteiger partial charge in [-0.2, -0.15) is 0 Å². The second-order valence-electron chi connectivity index (χ2n) is 5.64. The van der Waals surface area contributed by atoms with Crippen molar-refractivity contribution in [1.82, 2.24) is 15.0 Å². The highest BCUT2D eigenvalue weighted by molar-refractivity contribution is 7.13. The van der Waals surface area contributed by atoms with E-state index in [9.17, 15) is 0 Å². The molecule has 1 saturated heterocycles. The number of rotatable bonds is 6. The Labute approximate surface area is 135 Å². The molecule has 1 aliphatic heterocycles. The Balaban J connectivity index is 1.53. The van der Waals surface area contributed by atoms with Crippen LogP contribution in [0.15, 0.2) is 11.4 Å². The van der Waals surface area contributed by atoms with Crippen LogP contribution in [0.25, 0.3) is 0 Å². The zero-order chi connectivity index (χ0) is 15.4. The van der Waals surface area contributed by atoms with Crippen molar-refractivity contribution in [2.45, 2.75) is 39.5 Å². The van der Waals surface area contributed by atoms with Crippen LogP contribution in [0.5, 0.6) is 0 Å². The highest BCUT2D eigenvalue weighted by atomic mass is 32.1. The Kier molecular flexibility index (Phi) is 4.87. The number of aryl methyl sites for hydroxylation is 2. The van der Waals surface area contributed by atoms with E-state index in [-0.39, 0.29) is 0 Å². The Morgan fingerprint density at radius 1 is 1.18 bits per heavy atom. The lowest BCUT2D eigenvalue weighted by atomic mass is 10.3. The van der Waals surface area contributed by atoms with E-state index in [4.69, 9.17) is 4.98 Å². The quantitative estimate of drug-likeness (QED) is 0.887. The maximum Gasteiger partial charge on any atom is 0.185 e. The van der Waals surface area contributed by atoms with Gasteiger partial charge in [-0.1, -0.05) is 6.92 Å². The van der Waals surface area contributed by atoms with Gasteiger partial charge in [0.15, 0.2) is 5.13 Å². The van der Waals surface area contributed by atoms with Crippen LogP contribution in [0.1, 0.15) is 37.0 Å². The van der Waals surface area contributed by atoms with Crippen LogP contribution in [-0.4, -0.2) is 34.6 Å². The summed E-state index contributed by atoms with van der Waals surface area (Å²) in [5.74, 6) is 1.74. The van der Waals surface area contributed by atoms with Crippen LogP contribution in [0, 0.1) is 6.92 Å². The SMILES string of the molecule is CCc1cc(NCCc2csc(N3CCCC3)n2)nc(C)n1. The van der Waals surface area contributed by atoms with Crippen molar-refractivity contribution in [3.05, 3.63) is 28.7 Å². The van der Waals surface area contributed by atoms with Crippen molar-refractivity contribution in [2.24, 2.45) is 0 Å². The molecule has 22 heavy (non-hydrogen) atoms. The molecule has 1 aliphatic rings. The van der Waals surface area contributed by atoms with Gasteiger partial charge in [-0.25, -0.2) is 15.0 Å². The molecule has 0 atom stereocenters. The first-order valence-corrected chi connectivity index (χ1v) is 8.90. The number of hydrogen-bond donors (Lipinski definition) is 1. The Bertz CT molecular complexity index is 619. The smallest absolute Gasteiger partial charge is 0.185 e. The van der Waals surface area contributed by atoms with Gasteiger partial charge in [-0.05, 0) is 26.2 Å². The summed E-state index contributed by atoms with van der Waals surface area (Å²) in [5, 5.41) is 6.75. The van der Waals surface area contributed by atoms with Gasteiger partial charge >= 0.3 is 0 Å². The van der Waals surface area contributed by atoms with Gasteiger partial charge in [0.05, 0.1) is 5.69 Å². The van der Waals surface area contributed by atoms with E-state index < -0.39 is 0 Å². The molecule has 118 valence electrons. The van der Waals surface area contributed by atoms with Crippen molar-refractivity contribution in [3.8, 4) is 0 Å². The number of thiazole rings is 1. The maximum absolute atomic E-state index is 4.75. The molecule has 2 aromatic heterocycles. The van der Waals surface area contributed by atoms with Crippen molar-refractivity contribution in [3.63, 3.8) is 0 Å². The molecule has 2 aromatic rings. The fourth-order valence-corrected chi connectivity index (χ4v) is 3.60. The molecule has 0 radical (unpaired) electrons. The normalized spacial score (nSPS) is 14.5. The zero-order valence-electron chi connectivity index (χ0n) is 13.3. The number of anilines is 2.